The van der Waals surface area contributed by atoms with Crippen LogP contribution in [-0.2, 0) is 18.6 Å². The second-order valence-electron chi connectivity index (χ2n) is 12.3. The van der Waals surface area contributed by atoms with Gasteiger partial charge in [-0.05, 0) is 77.9 Å². The van der Waals surface area contributed by atoms with E-state index in [0.29, 0.717) is 0 Å². The Hall–Kier alpha value is -2.57. The SMILES string of the molecule is CC1(C)OB(c2cc(B3OC(C)(C)C(C)(C)O3)cc(-c3cccc4c3oc3ccccc34)c2)OC1(C)C. The first kappa shape index (κ1) is 24.7. The van der Waals surface area contributed by atoms with Gasteiger partial charge in [0, 0.05) is 16.3 Å². The Kier molecular flexibility index (Phi) is 5.33. The van der Waals surface area contributed by atoms with Crippen LogP contribution in [0.2, 0.25) is 0 Å². The molecule has 190 valence electrons. The minimum Gasteiger partial charge on any atom is -0.455 e. The van der Waals surface area contributed by atoms with E-state index in [0.717, 1.165) is 44.0 Å². The summed E-state index contributed by atoms with van der Waals surface area (Å²) in [6.07, 6.45) is 0. The van der Waals surface area contributed by atoms with Crippen LogP contribution in [0.1, 0.15) is 55.4 Å². The van der Waals surface area contributed by atoms with Gasteiger partial charge in [-0.15, -0.1) is 0 Å². The van der Waals surface area contributed by atoms with Crippen LogP contribution >= 0.6 is 0 Å². The van der Waals surface area contributed by atoms with Crippen molar-refractivity contribution in [3.8, 4) is 11.1 Å². The highest BCUT2D eigenvalue weighted by molar-refractivity contribution is 6.66. The van der Waals surface area contributed by atoms with Crippen LogP contribution in [0.15, 0.2) is 65.1 Å². The number of rotatable bonds is 3. The molecule has 0 N–H and O–H groups in total. The average molecular weight is 496 g/mol. The summed E-state index contributed by atoms with van der Waals surface area (Å²) in [5.74, 6) is 0. The number of furan rings is 1. The third-order valence-electron chi connectivity index (χ3n) is 8.74. The maximum atomic E-state index is 6.45. The lowest BCUT2D eigenvalue weighted by Gasteiger charge is -2.32. The van der Waals surface area contributed by atoms with Crippen LogP contribution in [0.4, 0.5) is 0 Å². The fourth-order valence-corrected chi connectivity index (χ4v) is 5.04. The zero-order chi connectivity index (χ0) is 26.4. The number of hydrogen-bond acceptors (Lipinski definition) is 5. The molecule has 0 amide bonds. The van der Waals surface area contributed by atoms with E-state index in [-0.39, 0.29) is 0 Å². The molecule has 5 nitrogen and oxygen atoms in total. The van der Waals surface area contributed by atoms with Gasteiger partial charge in [0.05, 0.1) is 22.4 Å². The summed E-state index contributed by atoms with van der Waals surface area (Å²) in [5.41, 5.74) is 3.80. The topological polar surface area (TPSA) is 50.1 Å². The summed E-state index contributed by atoms with van der Waals surface area (Å²) in [6, 6.07) is 20.8. The fourth-order valence-electron chi connectivity index (χ4n) is 5.04. The summed E-state index contributed by atoms with van der Waals surface area (Å²) in [6.45, 7) is 16.6. The van der Waals surface area contributed by atoms with Crippen LogP contribution in [-0.4, -0.2) is 36.6 Å². The Balaban J connectivity index is 1.53. The van der Waals surface area contributed by atoms with E-state index in [1.54, 1.807) is 0 Å². The van der Waals surface area contributed by atoms with Crippen molar-refractivity contribution in [3.63, 3.8) is 0 Å². The van der Waals surface area contributed by atoms with Crippen molar-refractivity contribution < 1.29 is 23.0 Å². The minimum atomic E-state index is -0.513. The van der Waals surface area contributed by atoms with Gasteiger partial charge in [-0.3, -0.25) is 0 Å². The Morgan fingerprint density at radius 3 is 1.57 bits per heavy atom. The molecule has 2 fully saturated rings. The van der Waals surface area contributed by atoms with Crippen molar-refractivity contribution >= 4 is 47.1 Å². The van der Waals surface area contributed by atoms with Crippen LogP contribution in [0.5, 0.6) is 0 Å². The molecule has 3 aromatic carbocycles. The van der Waals surface area contributed by atoms with E-state index in [1.807, 2.05) is 18.2 Å². The average Bonchev–Trinajstić information content (AvgIpc) is 3.38. The minimum absolute atomic E-state index is 0.447. The van der Waals surface area contributed by atoms with Crippen LogP contribution in [0, 0.1) is 0 Å². The van der Waals surface area contributed by atoms with Crippen molar-refractivity contribution in [1.29, 1.82) is 0 Å². The Morgan fingerprint density at radius 2 is 1.03 bits per heavy atom. The molecule has 0 unspecified atom stereocenters. The second kappa shape index (κ2) is 7.97. The molecule has 0 aliphatic carbocycles. The lowest BCUT2D eigenvalue weighted by atomic mass is 9.70. The third-order valence-corrected chi connectivity index (χ3v) is 8.74. The molecule has 3 heterocycles. The Morgan fingerprint density at radius 1 is 0.541 bits per heavy atom. The van der Waals surface area contributed by atoms with Crippen LogP contribution in [0.3, 0.4) is 0 Å². The molecule has 2 aliphatic rings. The lowest BCUT2D eigenvalue weighted by molar-refractivity contribution is 0.00578. The zero-order valence-electron chi connectivity index (χ0n) is 23.0. The first-order valence-electron chi connectivity index (χ1n) is 13.0. The van der Waals surface area contributed by atoms with E-state index in [9.17, 15) is 0 Å². The highest BCUT2D eigenvalue weighted by atomic mass is 16.7. The molecule has 0 saturated carbocycles. The second-order valence-corrected chi connectivity index (χ2v) is 12.3. The Labute approximate surface area is 219 Å². The summed E-state index contributed by atoms with van der Waals surface area (Å²) in [5, 5.41) is 2.19. The predicted octanol–water partition coefficient (Wildman–Crippen LogP) is 5.85. The standard InChI is InChI=1S/C30H34B2O5/c1-27(2)28(3,4)35-31(34-27)20-16-19(17-21(18-20)32-36-29(5,6)30(7,8)37-32)22-13-11-14-24-23-12-9-10-15-25(23)33-26(22)24/h9-18H,1-8H3. The van der Waals surface area contributed by atoms with Gasteiger partial charge in [-0.2, -0.15) is 0 Å². The van der Waals surface area contributed by atoms with E-state index in [4.69, 9.17) is 23.0 Å². The molecule has 6 rings (SSSR count). The molecule has 0 atom stereocenters. The van der Waals surface area contributed by atoms with Gasteiger partial charge in [-0.1, -0.05) is 54.6 Å². The van der Waals surface area contributed by atoms with Crippen molar-refractivity contribution in [2.75, 3.05) is 0 Å². The lowest BCUT2D eigenvalue weighted by Crippen LogP contribution is -2.41. The molecule has 2 saturated heterocycles. The van der Waals surface area contributed by atoms with E-state index in [1.165, 1.54) is 0 Å². The molecule has 2 aliphatic heterocycles. The first-order chi connectivity index (χ1) is 17.3. The summed E-state index contributed by atoms with van der Waals surface area (Å²) in [4.78, 5) is 0. The van der Waals surface area contributed by atoms with Gasteiger partial charge in [0.15, 0.2) is 0 Å². The van der Waals surface area contributed by atoms with Gasteiger partial charge in [-0.25, -0.2) is 0 Å². The van der Waals surface area contributed by atoms with Crippen molar-refractivity contribution in [1.82, 2.24) is 0 Å². The maximum Gasteiger partial charge on any atom is 0.494 e. The maximum absolute atomic E-state index is 6.45. The van der Waals surface area contributed by atoms with Crippen LogP contribution < -0.4 is 10.9 Å². The molecule has 0 bridgehead atoms. The van der Waals surface area contributed by atoms with Crippen molar-refractivity contribution in [3.05, 3.63) is 60.7 Å². The largest absolute Gasteiger partial charge is 0.494 e. The van der Waals surface area contributed by atoms with Gasteiger partial charge >= 0.3 is 14.2 Å². The van der Waals surface area contributed by atoms with Gasteiger partial charge in [0.1, 0.15) is 11.2 Å². The number of fused-ring (bicyclic) bond motifs is 3. The van der Waals surface area contributed by atoms with E-state index in [2.05, 4.69) is 97.9 Å². The molecule has 7 heteroatoms. The number of para-hydroxylation sites is 2. The molecule has 4 aromatic rings. The summed E-state index contributed by atoms with van der Waals surface area (Å²) < 4.78 is 32.2. The number of hydrogen-bond donors (Lipinski definition) is 0. The molecular formula is C30H34B2O5. The highest BCUT2D eigenvalue weighted by Gasteiger charge is 2.54. The van der Waals surface area contributed by atoms with Crippen molar-refractivity contribution in [2.24, 2.45) is 0 Å². The smallest absolute Gasteiger partial charge is 0.455 e. The monoisotopic (exact) mass is 496 g/mol. The summed E-state index contributed by atoms with van der Waals surface area (Å²) >= 11 is 0. The highest BCUT2D eigenvalue weighted by Crippen LogP contribution is 2.39. The van der Waals surface area contributed by atoms with Gasteiger partial charge < -0.3 is 23.0 Å². The molecule has 1 aromatic heterocycles. The first-order valence-corrected chi connectivity index (χ1v) is 13.0. The molecule has 0 spiro atoms. The van der Waals surface area contributed by atoms with Crippen LogP contribution in [0.25, 0.3) is 33.1 Å². The van der Waals surface area contributed by atoms with E-state index >= 15 is 0 Å². The molecule has 37 heavy (non-hydrogen) atoms. The van der Waals surface area contributed by atoms with Crippen molar-refractivity contribution in [2.45, 2.75) is 77.8 Å². The van der Waals surface area contributed by atoms with Gasteiger partial charge in [0.25, 0.3) is 0 Å². The molecular weight excluding hydrogens is 462 g/mol. The number of benzene rings is 3. The summed E-state index contributed by atoms with van der Waals surface area (Å²) in [7, 11) is -1.03. The quantitative estimate of drug-likeness (QED) is 0.333. The normalized spacial score (nSPS) is 21.8. The fraction of sp³-hybridized carbons (Fsp3) is 0.400. The van der Waals surface area contributed by atoms with Gasteiger partial charge in [0.2, 0.25) is 0 Å². The Bertz CT molecular complexity index is 1430. The predicted molar refractivity (Wildman–Crippen MR) is 151 cm³/mol. The molecule has 0 radical (unpaired) electrons. The zero-order valence-corrected chi connectivity index (χ0v) is 23.0. The van der Waals surface area contributed by atoms with E-state index < -0.39 is 36.6 Å². The third kappa shape index (κ3) is 3.87.